The molecule has 0 radical (unpaired) electrons. The van der Waals surface area contributed by atoms with Gasteiger partial charge in [0.15, 0.2) is 23.0 Å². The Balaban J connectivity index is 1.46. The van der Waals surface area contributed by atoms with Crippen LogP contribution in [0.15, 0.2) is 42.6 Å². The molecule has 1 atom stereocenters. The Labute approximate surface area is 186 Å². The molecule has 10 heteroatoms. The number of ketones is 1. The van der Waals surface area contributed by atoms with Gasteiger partial charge in [-0.15, -0.1) is 0 Å². The van der Waals surface area contributed by atoms with Crippen molar-refractivity contribution >= 4 is 29.2 Å². The lowest BCUT2D eigenvalue weighted by Gasteiger charge is -2.21. The molecule has 2 aliphatic heterocycles. The molecule has 8 nitrogen and oxygen atoms in total. The third kappa shape index (κ3) is 3.26. The largest absolute Gasteiger partial charge is 0.449 e. The van der Waals surface area contributed by atoms with Crippen molar-refractivity contribution in [2.45, 2.75) is 12.0 Å². The van der Waals surface area contributed by atoms with Gasteiger partial charge in [-0.25, -0.2) is 14.2 Å². The highest BCUT2D eigenvalue weighted by atomic mass is 35.5. The molecule has 0 aliphatic carbocycles. The van der Waals surface area contributed by atoms with Gasteiger partial charge in [-0.2, -0.15) is 4.98 Å². The average molecular weight is 455 g/mol. The van der Waals surface area contributed by atoms with Gasteiger partial charge in [-0.3, -0.25) is 4.79 Å². The van der Waals surface area contributed by atoms with Crippen molar-refractivity contribution in [1.82, 2.24) is 15.3 Å². The summed E-state index contributed by atoms with van der Waals surface area (Å²) in [5, 5.41) is 3.30. The van der Waals surface area contributed by atoms with Gasteiger partial charge >= 0.3 is 12.0 Å². The van der Waals surface area contributed by atoms with Crippen molar-refractivity contribution in [3.8, 4) is 11.8 Å². The molecule has 3 aromatic rings. The number of fused-ring (bicyclic) bond motifs is 2. The average Bonchev–Trinajstić information content (AvgIpc) is 3.35. The predicted molar refractivity (Wildman–Crippen MR) is 112 cm³/mol. The number of hydrogen-bond acceptors (Lipinski definition) is 8. The first kappa shape index (κ1) is 20.3. The van der Waals surface area contributed by atoms with E-state index >= 15 is 0 Å². The fraction of sp³-hybridized carbons (Fsp3) is 0.182. The second-order valence-electron chi connectivity index (χ2n) is 7.50. The molecule has 3 N–H and O–H groups in total. The first-order valence-electron chi connectivity index (χ1n) is 9.76. The molecule has 3 heterocycles. The smallest absolute Gasteiger partial charge is 0.340 e. The number of halogens is 2. The number of aromatic nitrogens is 2. The van der Waals surface area contributed by atoms with Gasteiger partial charge < -0.3 is 20.5 Å². The lowest BCUT2D eigenvalue weighted by Crippen LogP contribution is -2.28. The molecule has 2 aliphatic rings. The van der Waals surface area contributed by atoms with Crippen molar-refractivity contribution in [2.24, 2.45) is 0 Å². The monoisotopic (exact) mass is 454 g/mol. The molecule has 1 fully saturated rings. The molecule has 0 bridgehead atoms. The van der Waals surface area contributed by atoms with Crippen LogP contribution in [0.25, 0.3) is 0 Å². The van der Waals surface area contributed by atoms with E-state index in [1.165, 1.54) is 18.2 Å². The van der Waals surface area contributed by atoms with Gasteiger partial charge in [-0.1, -0.05) is 29.8 Å². The molecule has 0 unspecified atom stereocenters. The maximum absolute atomic E-state index is 13.3. The summed E-state index contributed by atoms with van der Waals surface area (Å²) in [4.78, 5) is 33.4. The van der Waals surface area contributed by atoms with Crippen molar-refractivity contribution in [3.05, 3.63) is 75.7 Å². The van der Waals surface area contributed by atoms with Crippen LogP contribution in [0.3, 0.4) is 0 Å². The van der Waals surface area contributed by atoms with Gasteiger partial charge in [0.2, 0.25) is 0 Å². The van der Waals surface area contributed by atoms with Crippen molar-refractivity contribution < 1.29 is 23.5 Å². The summed E-state index contributed by atoms with van der Waals surface area (Å²) < 4.78 is 24.4. The van der Waals surface area contributed by atoms with E-state index < -0.39 is 23.2 Å². The van der Waals surface area contributed by atoms with Crippen LogP contribution < -0.4 is 15.8 Å². The van der Waals surface area contributed by atoms with Gasteiger partial charge in [-0.05, 0) is 18.7 Å². The highest BCUT2D eigenvalue weighted by Gasteiger charge is 2.49. The first-order chi connectivity index (χ1) is 15.4. The molecule has 32 heavy (non-hydrogen) atoms. The van der Waals surface area contributed by atoms with E-state index in [1.54, 1.807) is 12.1 Å². The number of benzene rings is 2. The summed E-state index contributed by atoms with van der Waals surface area (Å²) in [7, 11) is 0. The van der Waals surface area contributed by atoms with Gasteiger partial charge in [0.05, 0.1) is 16.8 Å². The number of ether oxygens (including phenoxy) is 2. The molecular weight excluding hydrogens is 439 g/mol. The Morgan fingerprint density at radius 1 is 1.28 bits per heavy atom. The number of carbonyl (C=O) groups is 2. The molecule has 162 valence electrons. The van der Waals surface area contributed by atoms with E-state index in [-0.39, 0.29) is 39.3 Å². The molecule has 0 amide bonds. The molecule has 1 aromatic heterocycles. The first-order valence-corrected chi connectivity index (χ1v) is 10.1. The fourth-order valence-electron chi connectivity index (χ4n) is 4.02. The number of nitrogen functional groups attached to an aromatic ring is 1. The number of rotatable bonds is 4. The minimum Gasteiger partial charge on any atom is -0.449 e. The number of nitrogens with one attached hydrogen (secondary N) is 1. The zero-order valence-electron chi connectivity index (χ0n) is 16.5. The third-order valence-corrected chi connectivity index (χ3v) is 5.86. The highest BCUT2D eigenvalue weighted by Crippen LogP contribution is 2.42. The maximum atomic E-state index is 13.3. The van der Waals surface area contributed by atoms with Crippen molar-refractivity contribution in [1.29, 1.82) is 0 Å². The van der Waals surface area contributed by atoms with Crippen LogP contribution in [0.5, 0.6) is 11.8 Å². The van der Waals surface area contributed by atoms with E-state index in [1.807, 2.05) is 6.07 Å². The van der Waals surface area contributed by atoms with Crippen molar-refractivity contribution in [3.63, 3.8) is 0 Å². The number of carbonyl (C=O) groups excluding carboxylic acids is 2. The van der Waals surface area contributed by atoms with E-state index in [0.29, 0.717) is 18.5 Å². The molecule has 1 saturated heterocycles. The normalized spacial score (nSPS) is 19.1. The van der Waals surface area contributed by atoms with Gasteiger partial charge in [0.25, 0.3) is 0 Å². The summed E-state index contributed by atoms with van der Waals surface area (Å²) in [5.74, 6) is -1.82. The zero-order chi connectivity index (χ0) is 22.5. The lowest BCUT2D eigenvalue weighted by molar-refractivity contribution is 0.00159. The van der Waals surface area contributed by atoms with Crippen molar-refractivity contribution in [2.75, 3.05) is 18.8 Å². The molecule has 0 saturated carbocycles. The minimum atomic E-state index is -0.764. The van der Waals surface area contributed by atoms with Gasteiger partial charge in [0.1, 0.15) is 5.75 Å². The van der Waals surface area contributed by atoms with Crippen LogP contribution in [-0.2, 0) is 10.3 Å². The topological polar surface area (TPSA) is 116 Å². The number of hydrogen-bond donors (Lipinski definition) is 2. The van der Waals surface area contributed by atoms with Crippen LogP contribution in [0.1, 0.15) is 38.3 Å². The zero-order valence-corrected chi connectivity index (χ0v) is 17.3. The highest BCUT2D eigenvalue weighted by molar-refractivity contribution is 6.35. The van der Waals surface area contributed by atoms with E-state index in [0.717, 1.165) is 12.7 Å². The Morgan fingerprint density at radius 3 is 2.84 bits per heavy atom. The lowest BCUT2D eigenvalue weighted by atomic mass is 9.87. The molecule has 1 spiro atoms. The number of nitrogens with two attached hydrogens (primary N) is 1. The van der Waals surface area contributed by atoms with Gasteiger partial charge in [0, 0.05) is 35.7 Å². The Bertz CT molecular complexity index is 1280. The predicted octanol–water partition coefficient (Wildman–Crippen LogP) is 3.23. The van der Waals surface area contributed by atoms with Crippen LogP contribution in [-0.4, -0.2) is 34.8 Å². The van der Waals surface area contributed by atoms with Crippen LogP contribution in [0.2, 0.25) is 5.02 Å². The second-order valence-corrected chi connectivity index (χ2v) is 7.90. The van der Waals surface area contributed by atoms with E-state index in [4.69, 9.17) is 26.8 Å². The maximum Gasteiger partial charge on any atom is 0.340 e. The summed E-state index contributed by atoms with van der Waals surface area (Å²) in [6, 6.07) is 9.33. The summed E-state index contributed by atoms with van der Waals surface area (Å²) in [6.07, 6.45) is 1.53. The van der Waals surface area contributed by atoms with Crippen LogP contribution >= 0.6 is 11.6 Å². The van der Waals surface area contributed by atoms with E-state index in [2.05, 4.69) is 15.3 Å². The van der Waals surface area contributed by atoms with Crippen LogP contribution in [0.4, 0.5) is 10.2 Å². The molecular formula is C22H16ClFN4O4. The SMILES string of the molecule is Nc1nc(Oc2ccc(C(=O)c3cccc4c3C(=O)O[C@]43CCNC3)c(Cl)c2)ncc1F. The number of nitrogens with zero attached hydrogens (tertiary/aromatic N) is 2. The fourth-order valence-corrected chi connectivity index (χ4v) is 4.27. The second kappa shape index (κ2) is 7.54. The summed E-state index contributed by atoms with van der Waals surface area (Å²) >= 11 is 6.35. The van der Waals surface area contributed by atoms with E-state index in [9.17, 15) is 14.0 Å². The molecule has 5 rings (SSSR count). The quantitative estimate of drug-likeness (QED) is 0.456. The summed E-state index contributed by atoms with van der Waals surface area (Å²) in [5.41, 5.74) is 6.07. The minimum absolute atomic E-state index is 0.101. The van der Waals surface area contributed by atoms with Crippen LogP contribution in [0, 0.1) is 5.82 Å². The summed E-state index contributed by atoms with van der Waals surface area (Å²) in [6.45, 7) is 1.23. The Kier molecular flexibility index (Phi) is 4.79. The number of anilines is 1. The standard InChI is InChI=1S/C22H16ClFN4O4/c23-15-8-11(31-21-27-9-16(24)19(25)28-21)4-5-12(15)18(29)13-2-1-3-14-17(13)20(30)32-22(14)6-7-26-10-22/h1-5,8-9,26H,6-7,10H2,(H2,25,27,28)/t22-/m0/s1. The number of esters is 1. The third-order valence-electron chi connectivity index (χ3n) is 5.55. The molecule has 2 aromatic carbocycles. The Hall–Kier alpha value is -3.56. The Morgan fingerprint density at radius 2 is 2.12 bits per heavy atom.